The maximum Gasteiger partial charge on any atom is 0.224 e. The SMILES string of the molecule is Cc1ccc(CC(=O)N[C@H]2CCCc3ccccc32)cc1C. The molecule has 0 aliphatic heterocycles. The molecule has 1 aliphatic carbocycles. The molecule has 1 aliphatic rings. The van der Waals surface area contributed by atoms with Crippen molar-refractivity contribution in [2.45, 2.75) is 45.6 Å². The van der Waals surface area contributed by atoms with E-state index in [9.17, 15) is 4.79 Å². The van der Waals surface area contributed by atoms with Crippen LogP contribution in [0.2, 0.25) is 0 Å². The van der Waals surface area contributed by atoms with Crippen LogP contribution in [-0.2, 0) is 17.6 Å². The smallest absolute Gasteiger partial charge is 0.224 e. The van der Waals surface area contributed by atoms with Crippen LogP contribution >= 0.6 is 0 Å². The maximum absolute atomic E-state index is 12.4. The van der Waals surface area contributed by atoms with Gasteiger partial charge >= 0.3 is 0 Å². The Morgan fingerprint density at radius 2 is 1.95 bits per heavy atom. The number of hydrogen-bond donors (Lipinski definition) is 1. The van der Waals surface area contributed by atoms with Gasteiger partial charge in [-0.15, -0.1) is 0 Å². The second-order valence-electron chi connectivity index (χ2n) is 6.31. The fourth-order valence-electron chi connectivity index (χ4n) is 3.25. The summed E-state index contributed by atoms with van der Waals surface area (Å²) in [4.78, 5) is 12.4. The third kappa shape index (κ3) is 3.22. The molecule has 22 heavy (non-hydrogen) atoms. The molecule has 1 amide bonds. The number of rotatable bonds is 3. The lowest BCUT2D eigenvalue weighted by molar-refractivity contribution is -0.121. The Morgan fingerprint density at radius 1 is 1.14 bits per heavy atom. The molecule has 2 heteroatoms. The lowest BCUT2D eigenvalue weighted by Gasteiger charge is -2.26. The summed E-state index contributed by atoms with van der Waals surface area (Å²) >= 11 is 0. The highest BCUT2D eigenvalue weighted by Gasteiger charge is 2.21. The highest BCUT2D eigenvalue weighted by Crippen LogP contribution is 2.29. The van der Waals surface area contributed by atoms with E-state index in [1.165, 1.54) is 22.3 Å². The number of fused-ring (bicyclic) bond motifs is 1. The quantitative estimate of drug-likeness (QED) is 0.909. The van der Waals surface area contributed by atoms with Gasteiger partial charge in [-0.25, -0.2) is 0 Å². The molecule has 2 aromatic rings. The zero-order chi connectivity index (χ0) is 15.5. The number of aryl methyl sites for hydroxylation is 3. The normalized spacial score (nSPS) is 16.9. The van der Waals surface area contributed by atoms with Gasteiger partial charge in [-0.05, 0) is 60.9 Å². The molecule has 3 rings (SSSR count). The Kier molecular flexibility index (Phi) is 4.28. The van der Waals surface area contributed by atoms with Gasteiger partial charge in [-0.3, -0.25) is 4.79 Å². The predicted molar refractivity (Wildman–Crippen MR) is 89.9 cm³/mol. The molecule has 2 aromatic carbocycles. The second kappa shape index (κ2) is 6.35. The predicted octanol–water partition coefficient (Wildman–Crippen LogP) is 4.04. The van der Waals surface area contributed by atoms with Crippen molar-refractivity contribution in [3.63, 3.8) is 0 Å². The van der Waals surface area contributed by atoms with Crippen molar-refractivity contribution in [2.75, 3.05) is 0 Å². The van der Waals surface area contributed by atoms with Crippen LogP contribution in [0.25, 0.3) is 0 Å². The minimum absolute atomic E-state index is 0.116. The van der Waals surface area contributed by atoms with E-state index in [1.807, 2.05) is 0 Å². The fourth-order valence-corrected chi connectivity index (χ4v) is 3.25. The summed E-state index contributed by atoms with van der Waals surface area (Å²) in [6.45, 7) is 4.19. The first-order valence-corrected chi connectivity index (χ1v) is 8.07. The van der Waals surface area contributed by atoms with Crippen molar-refractivity contribution < 1.29 is 4.79 Å². The highest BCUT2D eigenvalue weighted by molar-refractivity contribution is 5.79. The molecule has 0 saturated heterocycles. The average Bonchev–Trinajstić information content (AvgIpc) is 2.51. The van der Waals surface area contributed by atoms with E-state index in [0.29, 0.717) is 6.42 Å². The van der Waals surface area contributed by atoms with Gasteiger partial charge in [0.1, 0.15) is 0 Å². The number of nitrogens with one attached hydrogen (secondary N) is 1. The Balaban J connectivity index is 1.69. The first-order valence-electron chi connectivity index (χ1n) is 8.07. The molecule has 0 saturated carbocycles. The topological polar surface area (TPSA) is 29.1 Å². The summed E-state index contributed by atoms with van der Waals surface area (Å²) in [5.74, 6) is 0.116. The Bertz CT molecular complexity index is 690. The van der Waals surface area contributed by atoms with Gasteiger partial charge in [0.25, 0.3) is 0 Å². The number of hydrogen-bond acceptors (Lipinski definition) is 1. The van der Waals surface area contributed by atoms with Crippen LogP contribution in [0.15, 0.2) is 42.5 Å². The summed E-state index contributed by atoms with van der Waals surface area (Å²) in [7, 11) is 0. The van der Waals surface area contributed by atoms with Crippen molar-refractivity contribution in [3.8, 4) is 0 Å². The molecule has 0 heterocycles. The average molecular weight is 293 g/mol. The van der Waals surface area contributed by atoms with Crippen molar-refractivity contribution in [3.05, 3.63) is 70.3 Å². The monoisotopic (exact) mass is 293 g/mol. The van der Waals surface area contributed by atoms with Crippen molar-refractivity contribution in [1.82, 2.24) is 5.32 Å². The molecule has 1 atom stereocenters. The third-order valence-corrected chi connectivity index (χ3v) is 4.64. The Hall–Kier alpha value is -2.09. The van der Waals surface area contributed by atoms with Gasteiger partial charge in [0.2, 0.25) is 5.91 Å². The minimum Gasteiger partial charge on any atom is -0.349 e. The molecular formula is C20H23NO. The summed E-state index contributed by atoms with van der Waals surface area (Å²) < 4.78 is 0. The molecule has 0 radical (unpaired) electrons. The van der Waals surface area contributed by atoms with Gasteiger partial charge in [0.15, 0.2) is 0 Å². The summed E-state index contributed by atoms with van der Waals surface area (Å²) in [5, 5.41) is 3.22. The van der Waals surface area contributed by atoms with E-state index in [4.69, 9.17) is 0 Å². The number of carbonyl (C=O) groups excluding carboxylic acids is 1. The summed E-state index contributed by atoms with van der Waals surface area (Å²) in [6.07, 6.45) is 3.76. The standard InChI is InChI=1S/C20H23NO/c1-14-10-11-16(12-15(14)2)13-20(22)21-19-9-5-7-17-6-3-4-8-18(17)19/h3-4,6,8,10-12,19H,5,7,9,13H2,1-2H3,(H,21,22)/t19-/m0/s1. The first kappa shape index (κ1) is 14.8. The first-order chi connectivity index (χ1) is 10.6. The van der Waals surface area contributed by atoms with E-state index in [1.54, 1.807) is 0 Å². The van der Waals surface area contributed by atoms with Crippen LogP contribution in [0, 0.1) is 13.8 Å². The molecule has 2 nitrogen and oxygen atoms in total. The third-order valence-electron chi connectivity index (χ3n) is 4.64. The molecule has 0 bridgehead atoms. The van der Waals surface area contributed by atoms with Crippen LogP contribution in [0.4, 0.5) is 0 Å². The van der Waals surface area contributed by atoms with Crippen LogP contribution in [0.5, 0.6) is 0 Å². The van der Waals surface area contributed by atoms with Crippen LogP contribution in [0.3, 0.4) is 0 Å². The molecule has 114 valence electrons. The van der Waals surface area contributed by atoms with Gasteiger partial charge in [-0.1, -0.05) is 42.5 Å². The van der Waals surface area contributed by atoms with E-state index >= 15 is 0 Å². The van der Waals surface area contributed by atoms with Gasteiger partial charge in [-0.2, -0.15) is 0 Å². The Labute approximate surface area is 132 Å². The van der Waals surface area contributed by atoms with Crippen molar-refractivity contribution >= 4 is 5.91 Å². The lowest BCUT2D eigenvalue weighted by atomic mass is 9.87. The van der Waals surface area contributed by atoms with E-state index in [-0.39, 0.29) is 11.9 Å². The van der Waals surface area contributed by atoms with E-state index in [0.717, 1.165) is 24.8 Å². The van der Waals surface area contributed by atoms with Crippen LogP contribution < -0.4 is 5.32 Å². The van der Waals surface area contributed by atoms with Gasteiger partial charge in [0, 0.05) is 0 Å². The van der Waals surface area contributed by atoms with Gasteiger partial charge < -0.3 is 5.32 Å². The maximum atomic E-state index is 12.4. The fraction of sp³-hybridized carbons (Fsp3) is 0.350. The molecular weight excluding hydrogens is 270 g/mol. The van der Waals surface area contributed by atoms with Crippen LogP contribution in [0.1, 0.15) is 46.7 Å². The molecule has 0 spiro atoms. The molecule has 0 aromatic heterocycles. The van der Waals surface area contributed by atoms with Crippen molar-refractivity contribution in [2.24, 2.45) is 0 Å². The zero-order valence-corrected chi connectivity index (χ0v) is 13.4. The zero-order valence-electron chi connectivity index (χ0n) is 13.4. The largest absolute Gasteiger partial charge is 0.349 e. The lowest BCUT2D eigenvalue weighted by Crippen LogP contribution is -2.32. The van der Waals surface area contributed by atoms with E-state index < -0.39 is 0 Å². The van der Waals surface area contributed by atoms with Crippen molar-refractivity contribution in [1.29, 1.82) is 0 Å². The summed E-state index contributed by atoms with van der Waals surface area (Å²) in [5.41, 5.74) is 6.27. The Morgan fingerprint density at radius 3 is 2.77 bits per heavy atom. The second-order valence-corrected chi connectivity index (χ2v) is 6.31. The minimum atomic E-state index is 0.116. The number of benzene rings is 2. The molecule has 0 fully saturated rings. The van der Waals surface area contributed by atoms with Gasteiger partial charge in [0.05, 0.1) is 12.5 Å². The van der Waals surface area contributed by atoms with Crippen LogP contribution in [-0.4, -0.2) is 5.91 Å². The number of amides is 1. The number of carbonyl (C=O) groups is 1. The highest BCUT2D eigenvalue weighted by atomic mass is 16.1. The molecule has 0 unspecified atom stereocenters. The van der Waals surface area contributed by atoms with E-state index in [2.05, 4.69) is 61.6 Å². The molecule has 1 N–H and O–H groups in total. The summed E-state index contributed by atoms with van der Waals surface area (Å²) in [6, 6.07) is 14.9.